The zero-order valence-electron chi connectivity index (χ0n) is 16.9. The molecule has 0 radical (unpaired) electrons. The predicted octanol–water partition coefficient (Wildman–Crippen LogP) is 3.65. The summed E-state index contributed by atoms with van der Waals surface area (Å²) in [5.41, 5.74) is 0.665. The number of carbonyl (C=O) groups is 1. The van der Waals surface area contributed by atoms with Crippen molar-refractivity contribution in [2.45, 2.75) is 37.3 Å². The van der Waals surface area contributed by atoms with E-state index in [1.807, 2.05) is 13.8 Å². The molecule has 0 fully saturated rings. The van der Waals surface area contributed by atoms with Crippen LogP contribution in [0.2, 0.25) is 0 Å². The fourth-order valence-electron chi connectivity index (χ4n) is 2.56. The van der Waals surface area contributed by atoms with E-state index in [0.717, 1.165) is 0 Å². The summed E-state index contributed by atoms with van der Waals surface area (Å²) in [5.74, 6) is 2.00. The Kier molecular flexibility index (Phi) is 6.42. The molecule has 3 aromatic rings. The van der Waals surface area contributed by atoms with Crippen molar-refractivity contribution in [1.29, 1.82) is 0 Å². The lowest BCUT2D eigenvalue weighted by atomic mass is 10.2. The number of nitrogens with zero attached hydrogens (tertiary/aromatic N) is 4. The number of hydrogen-bond donors (Lipinski definition) is 1. The van der Waals surface area contributed by atoms with Gasteiger partial charge in [0.2, 0.25) is 11.8 Å². The molecule has 3 rings (SSSR count). The van der Waals surface area contributed by atoms with Crippen LogP contribution in [0.25, 0.3) is 11.5 Å². The average molecular weight is 417 g/mol. The minimum Gasteiger partial charge on any atom is -0.497 e. The van der Waals surface area contributed by atoms with Crippen molar-refractivity contribution in [3.63, 3.8) is 0 Å². The number of amides is 1. The fraction of sp³-hybridized carbons (Fsp3) is 0.368. The molecule has 1 aromatic carbocycles. The summed E-state index contributed by atoms with van der Waals surface area (Å²) in [6, 6.07) is 7.20. The fourth-order valence-corrected chi connectivity index (χ4v) is 3.25. The highest BCUT2D eigenvalue weighted by molar-refractivity contribution is 8.00. The van der Waals surface area contributed by atoms with Gasteiger partial charge in [-0.15, -0.1) is 10.2 Å². The van der Waals surface area contributed by atoms with Crippen LogP contribution in [0.5, 0.6) is 11.5 Å². The molecule has 1 amide bonds. The molecule has 1 N–H and O–H groups in total. The quantitative estimate of drug-likeness (QED) is 0.554. The molecule has 2 heterocycles. The van der Waals surface area contributed by atoms with Gasteiger partial charge in [-0.05, 0) is 32.9 Å². The van der Waals surface area contributed by atoms with Crippen LogP contribution >= 0.6 is 11.8 Å². The first kappa shape index (κ1) is 20.7. The lowest BCUT2D eigenvalue weighted by Gasteiger charge is -2.13. The van der Waals surface area contributed by atoms with Crippen molar-refractivity contribution in [2.75, 3.05) is 19.5 Å². The van der Waals surface area contributed by atoms with E-state index in [1.54, 1.807) is 56.3 Å². The normalized spacial score (nSPS) is 12.1. The first-order valence-corrected chi connectivity index (χ1v) is 9.87. The molecule has 0 aliphatic rings. The second-order valence-electron chi connectivity index (χ2n) is 6.48. The molecular weight excluding hydrogens is 394 g/mol. The number of aromatic nitrogens is 4. The summed E-state index contributed by atoms with van der Waals surface area (Å²) in [6.45, 7) is 5.76. The van der Waals surface area contributed by atoms with Crippen LogP contribution in [0.4, 0.5) is 5.82 Å². The first-order valence-electron chi connectivity index (χ1n) is 8.99. The van der Waals surface area contributed by atoms with Crippen molar-refractivity contribution in [1.82, 2.24) is 20.0 Å². The number of ether oxygens (including phenoxy) is 2. The zero-order valence-corrected chi connectivity index (χ0v) is 17.7. The molecule has 0 saturated heterocycles. The minimum atomic E-state index is -0.446. The summed E-state index contributed by atoms with van der Waals surface area (Å²) < 4.78 is 18.0. The highest BCUT2D eigenvalue weighted by atomic mass is 32.2. The zero-order chi connectivity index (χ0) is 21.0. The number of carbonyl (C=O) groups excluding carboxylic acids is 1. The molecule has 154 valence electrons. The van der Waals surface area contributed by atoms with Gasteiger partial charge < -0.3 is 19.2 Å². The number of thioether (sulfide) groups is 1. The molecular formula is C19H23N5O4S. The van der Waals surface area contributed by atoms with E-state index in [1.165, 1.54) is 11.8 Å². The highest BCUT2D eigenvalue weighted by Gasteiger charge is 2.21. The second-order valence-corrected chi connectivity index (χ2v) is 7.77. The number of hydrogen-bond acceptors (Lipinski definition) is 8. The largest absolute Gasteiger partial charge is 0.497 e. The van der Waals surface area contributed by atoms with E-state index in [-0.39, 0.29) is 11.9 Å². The summed E-state index contributed by atoms with van der Waals surface area (Å²) in [7, 11) is 3.14. The topological polar surface area (TPSA) is 104 Å². The van der Waals surface area contributed by atoms with Gasteiger partial charge >= 0.3 is 0 Å². The van der Waals surface area contributed by atoms with Crippen LogP contribution in [0.15, 0.2) is 40.1 Å². The third-order valence-corrected chi connectivity index (χ3v) is 5.00. The van der Waals surface area contributed by atoms with Gasteiger partial charge in [0.05, 0.1) is 25.7 Å². The van der Waals surface area contributed by atoms with Crippen LogP contribution in [-0.4, -0.2) is 45.4 Å². The Labute approximate surface area is 172 Å². The Balaban J connectivity index is 1.69. The SMILES string of the molecule is COc1cc(OC)cc(-c2nnc(S[C@@H](C)C(=O)Nc3ccnn3C(C)C)o2)c1. The smallest absolute Gasteiger partial charge is 0.277 e. The molecule has 0 aliphatic heterocycles. The molecule has 0 saturated carbocycles. The maximum Gasteiger partial charge on any atom is 0.277 e. The summed E-state index contributed by atoms with van der Waals surface area (Å²) in [5, 5.41) is 15.0. The van der Waals surface area contributed by atoms with Crippen molar-refractivity contribution in [2.24, 2.45) is 0 Å². The Morgan fingerprint density at radius 2 is 1.83 bits per heavy atom. The molecule has 29 heavy (non-hydrogen) atoms. The van der Waals surface area contributed by atoms with Gasteiger partial charge in [0, 0.05) is 23.7 Å². The van der Waals surface area contributed by atoms with Crippen molar-refractivity contribution in [3.8, 4) is 23.0 Å². The van der Waals surface area contributed by atoms with Gasteiger partial charge in [0.1, 0.15) is 17.3 Å². The van der Waals surface area contributed by atoms with E-state index in [9.17, 15) is 4.79 Å². The van der Waals surface area contributed by atoms with Gasteiger partial charge in [-0.1, -0.05) is 11.8 Å². The van der Waals surface area contributed by atoms with Crippen LogP contribution in [-0.2, 0) is 4.79 Å². The molecule has 10 heteroatoms. The third kappa shape index (κ3) is 4.89. The first-order chi connectivity index (χ1) is 13.9. The van der Waals surface area contributed by atoms with Gasteiger partial charge in [0.25, 0.3) is 5.22 Å². The highest BCUT2D eigenvalue weighted by Crippen LogP contribution is 2.31. The number of benzene rings is 1. The maximum absolute atomic E-state index is 12.5. The summed E-state index contributed by atoms with van der Waals surface area (Å²) in [6.07, 6.45) is 1.65. The summed E-state index contributed by atoms with van der Waals surface area (Å²) in [4.78, 5) is 12.5. The molecule has 2 aromatic heterocycles. The van der Waals surface area contributed by atoms with E-state index in [0.29, 0.717) is 34.0 Å². The number of anilines is 1. The van der Waals surface area contributed by atoms with Gasteiger partial charge in [-0.2, -0.15) is 5.10 Å². The van der Waals surface area contributed by atoms with Crippen LogP contribution in [0.1, 0.15) is 26.8 Å². The minimum absolute atomic E-state index is 0.140. The summed E-state index contributed by atoms with van der Waals surface area (Å²) >= 11 is 1.18. The lowest BCUT2D eigenvalue weighted by molar-refractivity contribution is -0.115. The molecule has 0 unspecified atom stereocenters. The maximum atomic E-state index is 12.5. The van der Waals surface area contributed by atoms with E-state index in [2.05, 4.69) is 20.6 Å². The Hall–Kier alpha value is -3.01. The average Bonchev–Trinajstić information content (AvgIpc) is 3.37. The lowest BCUT2D eigenvalue weighted by Crippen LogP contribution is -2.24. The van der Waals surface area contributed by atoms with E-state index >= 15 is 0 Å². The number of nitrogens with one attached hydrogen (secondary N) is 1. The van der Waals surface area contributed by atoms with Crippen LogP contribution in [0.3, 0.4) is 0 Å². The Morgan fingerprint density at radius 1 is 1.14 bits per heavy atom. The molecule has 0 spiro atoms. The molecule has 1 atom stereocenters. The monoisotopic (exact) mass is 417 g/mol. The Morgan fingerprint density at radius 3 is 2.45 bits per heavy atom. The van der Waals surface area contributed by atoms with E-state index in [4.69, 9.17) is 13.9 Å². The van der Waals surface area contributed by atoms with Crippen LogP contribution in [0, 0.1) is 0 Å². The molecule has 0 aliphatic carbocycles. The standard InChI is InChI=1S/C19H23N5O4S/c1-11(2)24-16(6-7-20-24)21-17(25)12(3)29-19-23-22-18(28-19)13-8-14(26-4)10-15(9-13)27-5/h6-12H,1-5H3,(H,21,25)/t12-/m0/s1. The van der Waals surface area contributed by atoms with Gasteiger partial charge in [0.15, 0.2) is 0 Å². The van der Waals surface area contributed by atoms with E-state index < -0.39 is 5.25 Å². The van der Waals surface area contributed by atoms with Crippen molar-refractivity contribution in [3.05, 3.63) is 30.5 Å². The number of methoxy groups -OCH3 is 2. The Bertz CT molecular complexity index is 962. The van der Waals surface area contributed by atoms with Crippen molar-refractivity contribution < 1.29 is 18.7 Å². The second kappa shape index (κ2) is 8.99. The number of rotatable bonds is 8. The third-order valence-electron chi connectivity index (χ3n) is 4.06. The van der Waals surface area contributed by atoms with Gasteiger partial charge in [-0.3, -0.25) is 4.79 Å². The van der Waals surface area contributed by atoms with Crippen LogP contribution < -0.4 is 14.8 Å². The molecule has 0 bridgehead atoms. The van der Waals surface area contributed by atoms with Crippen molar-refractivity contribution >= 4 is 23.5 Å². The predicted molar refractivity (Wildman–Crippen MR) is 109 cm³/mol. The van der Waals surface area contributed by atoms with Gasteiger partial charge in [-0.25, -0.2) is 4.68 Å². The molecule has 9 nitrogen and oxygen atoms in total.